The minimum Gasteiger partial charge on any atom is -0.343 e. The molecule has 0 fully saturated rings. The zero-order chi connectivity index (χ0) is 17.6. The van der Waals surface area contributed by atoms with E-state index in [-0.39, 0.29) is 0 Å². The van der Waals surface area contributed by atoms with E-state index in [0.717, 1.165) is 77.5 Å². The smallest absolute Gasteiger partial charge is 0.227 e. The Balaban J connectivity index is 4.57. The Kier molecular flexibility index (Phi) is 14.5. The molecular weight excluding hydrogens is 307 g/mol. The highest BCUT2D eigenvalue weighted by Gasteiger charge is 2.25. The highest BCUT2D eigenvalue weighted by atomic mass is 31.2. The van der Waals surface area contributed by atoms with Crippen molar-refractivity contribution in [2.45, 2.75) is 79.1 Å². The molecule has 0 amide bonds. The van der Waals surface area contributed by atoms with Gasteiger partial charge in [0.1, 0.15) is 0 Å². The van der Waals surface area contributed by atoms with Gasteiger partial charge in [-0.25, -0.2) is 0 Å². The Morgan fingerprint density at radius 3 is 1.13 bits per heavy atom. The van der Waals surface area contributed by atoms with Crippen molar-refractivity contribution in [3.05, 3.63) is 0 Å². The Morgan fingerprint density at radius 1 is 0.652 bits per heavy atom. The van der Waals surface area contributed by atoms with Gasteiger partial charge in [0.25, 0.3) is 0 Å². The Bertz CT molecular complexity index is 271. The second-order valence-corrected chi connectivity index (χ2v) is 9.04. The van der Waals surface area contributed by atoms with Crippen LogP contribution in [0.5, 0.6) is 0 Å². The average molecular weight is 349 g/mol. The predicted molar refractivity (Wildman–Crippen MR) is 102 cm³/mol. The molecule has 0 atom stereocenters. The predicted octanol–water partition coefficient (Wildman–Crippen LogP) is 4.98. The summed E-state index contributed by atoms with van der Waals surface area (Å²) in [5.74, 6) is 0. The third kappa shape index (κ3) is 13.1. The molecule has 140 valence electrons. The topological polar surface area (TPSA) is 43.8 Å². The van der Waals surface area contributed by atoms with Crippen molar-refractivity contribution in [2.24, 2.45) is 0 Å². The summed E-state index contributed by atoms with van der Waals surface area (Å²) in [5.41, 5.74) is 0. The molecule has 0 bridgehead atoms. The summed E-state index contributed by atoms with van der Waals surface area (Å²) < 4.78 is 12.8. The van der Waals surface area contributed by atoms with Gasteiger partial charge in [-0.1, -0.05) is 53.4 Å². The molecule has 0 aromatic heterocycles. The SMILES string of the molecule is CCCCN(CCCC)CP(=O)(O)CN(CCCC)CCCC. The van der Waals surface area contributed by atoms with Gasteiger partial charge in [-0.05, 0) is 51.9 Å². The van der Waals surface area contributed by atoms with Gasteiger partial charge >= 0.3 is 0 Å². The third-order valence-electron chi connectivity index (χ3n) is 4.15. The fraction of sp³-hybridized carbons (Fsp3) is 1.00. The average Bonchev–Trinajstić information content (AvgIpc) is 2.52. The van der Waals surface area contributed by atoms with Crippen LogP contribution in [-0.4, -0.2) is 53.4 Å². The zero-order valence-electron chi connectivity index (χ0n) is 16.1. The summed E-state index contributed by atoms with van der Waals surface area (Å²) in [4.78, 5) is 15.0. The third-order valence-corrected chi connectivity index (χ3v) is 5.84. The van der Waals surface area contributed by atoms with Crippen molar-refractivity contribution in [3.8, 4) is 0 Å². The van der Waals surface area contributed by atoms with Gasteiger partial charge in [0.2, 0.25) is 7.37 Å². The molecule has 1 N–H and O–H groups in total. The lowest BCUT2D eigenvalue weighted by Crippen LogP contribution is -2.32. The van der Waals surface area contributed by atoms with Crippen LogP contribution in [0.2, 0.25) is 0 Å². The molecular formula is C18H41N2O2P. The van der Waals surface area contributed by atoms with Crippen LogP contribution in [0, 0.1) is 0 Å². The first-order valence-corrected chi connectivity index (χ1v) is 11.8. The van der Waals surface area contributed by atoms with E-state index in [4.69, 9.17) is 0 Å². The molecule has 0 rings (SSSR count). The summed E-state index contributed by atoms with van der Waals surface area (Å²) in [7, 11) is -3.11. The minimum atomic E-state index is -3.11. The number of rotatable bonds is 16. The fourth-order valence-electron chi connectivity index (χ4n) is 2.70. The molecule has 0 aromatic carbocycles. The number of unbranched alkanes of at least 4 members (excludes halogenated alkanes) is 4. The molecule has 0 spiro atoms. The first-order valence-electron chi connectivity index (χ1n) is 9.74. The molecule has 0 unspecified atom stereocenters. The molecule has 0 aliphatic carbocycles. The van der Waals surface area contributed by atoms with Crippen LogP contribution in [0.1, 0.15) is 79.1 Å². The Hall–Kier alpha value is 0.110. The van der Waals surface area contributed by atoms with E-state index < -0.39 is 7.37 Å². The van der Waals surface area contributed by atoms with E-state index in [2.05, 4.69) is 37.5 Å². The lowest BCUT2D eigenvalue weighted by molar-refractivity contribution is 0.267. The lowest BCUT2D eigenvalue weighted by atomic mass is 10.3. The normalized spacial score (nSPS) is 12.5. The van der Waals surface area contributed by atoms with Gasteiger partial charge in [-0.2, -0.15) is 0 Å². The van der Waals surface area contributed by atoms with E-state index in [1.165, 1.54) is 0 Å². The van der Waals surface area contributed by atoms with Gasteiger partial charge in [0.05, 0.1) is 12.6 Å². The maximum Gasteiger partial charge on any atom is 0.227 e. The van der Waals surface area contributed by atoms with Gasteiger partial charge in [0.15, 0.2) is 0 Å². The first-order chi connectivity index (χ1) is 11.0. The van der Waals surface area contributed by atoms with E-state index in [1.807, 2.05) is 0 Å². The van der Waals surface area contributed by atoms with Crippen LogP contribution >= 0.6 is 7.37 Å². The van der Waals surface area contributed by atoms with E-state index in [1.54, 1.807) is 0 Å². The van der Waals surface area contributed by atoms with Crippen LogP contribution in [0.25, 0.3) is 0 Å². The maximum atomic E-state index is 12.8. The van der Waals surface area contributed by atoms with Gasteiger partial charge < -0.3 is 4.89 Å². The molecule has 23 heavy (non-hydrogen) atoms. The number of nitrogens with zero attached hydrogens (tertiary/aromatic N) is 2. The van der Waals surface area contributed by atoms with Crippen molar-refractivity contribution >= 4 is 7.37 Å². The Labute approximate surface area is 145 Å². The van der Waals surface area contributed by atoms with Crippen molar-refractivity contribution < 1.29 is 9.46 Å². The summed E-state index contributed by atoms with van der Waals surface area (Å²) in [5, 5.41) is 0. The molecule has 0 aliphatic heterocycles. The van der Waals surface area contributed by atoms with E-state index >= 15 is 0 Å². The largest absolute Gasteiger partial charge is 0.343 e. The molecule has 4 nitrogen and oxygen atoms in total. The zero-order valence-corrected chi connectivity index (χ0v) is 17.0. The fourth-order valence-corrected chi connectivity index (χ4v) is 4.61. The number of hydrogen-bond donors (Lipinski definition) is 1. The van der Waals surface area contributed by atoms with Crippen molar-refractivity contribution in [1.82, 2.24) is 9.80 Å². The van der Waals surface area contributed by atoms with Gasteiger partial charge in [-0.15, -0.1) is 0 Å². The summed E-state index contributed by atoms with van der Waals surface area (Å²) in [6, 6.07) is 0. The van der Waals surface area contributed by atoms with Crippen molar-refractivity contribution in [1.29, 1.82) is 0 Å². The minimum absolute atomic E-state index is 0.363. The summed E-state index contributed by atoms with van der Waals surface area (Å²) >= 11 is 0. The van der Waals surface area contributed by atoms with E-state index in [0.29, 0.717) is 12.6 Å². The molecule has 5 heteroatoms. The highest BCUT2D eigenvalue weighted by Crippen LogP contribution is 2.42. The van der Waals surface area contributed by atoms with Crippen molar-refractivity contribution in [2.75, 3.05) is 38.8 Å². The standard InChI is InChI=1S/C18H41N2O2P/c1-5-9-13-19(14-10-6-2)17-23(21,22)18-20(15-11-7-3)16-12-8-4/h5-18H2,1-4H3,(H,21,22). The Morgan fingerprint density at radius 2 is 0.913 bits per heavy atom. The highest BCUT2D eigenvalue weighted by molar-refractivity contribution is 7.57. The molecule has 0 aliphatic rings. The first kappa shape index (κ1) is 23.1. The van der Waals surface area contributed by atoms with Gasteiger partial charge in [-0.3, -0.25) is 14.4 Å². The lowest BCUT2D eigenvalue weighted by Gasteiger charge is -2.29. The van der Waals surface area contributed by atoms with Gasteiger partial charge in [0, 0.05) is 0 Å². The molecule has 0 saturated heterocycles. The molecule has 0 saturated carbocycles. The summed E-state index contributed by atoms with van der Waals surface area (Å²) in [6.07, 6.45) is 9.71. The summed E-state index contributed by atoms with van der Waals surface area (Å²) in [6.45, 7) is 12.5. The van der Waals surface area contributed by atoms with E-state index in [9.17, 15) is 9.46 Å². The quantitative estimate of drug-likeness (QED) is 0.400. The molecule has 0 aromatic rings. The van der Waals surface area contributed by atoms with Crippen molar-refractivity contribution in [3.63, 3.8) is 0 Å². The van der Waals surface area contributed by atoms with Crippen LogP contribution < -0.4 is 0 Å². The monoisotopic (exact) mass is 348 g/mol. The van der Waals surface area contributed by atoms with Crippen LogP contribution in [-0.2, 0) is 4.57 Å². The maximum absolute atomic E-state index is 12.8. The second-order valence-electron chi connectivity index (χ2n) is 6.78. The molecule has 0 radical (unpaired) electrons. The second kappa shape index (κ2) is 14.5. The van der Waals surface area contributed by atoms with Crippen LogP contribution in [0.15, 0.2) is 0 Å². The van der Waals surface area contributed by atoms with Crippen LogP contribution in [0.4, 0.5) is 0 Å². The van der Waals surface area contributed by atoms with Crippen LogP contribution in [0.3, 0.4) is 0 Å². The molecule has 0 heterocycles. The number of hydrogen-bond acceptors (Lipinski definition) is 3.